The normalized spacial score (nSPS) is 24.1. The van der Waals surface area contributed by atoms with E-state index in [0.717, 1.165) is 50.3 Å². The Morgan fingerprint density at radius 2 is 1.74 bits per heavy atom. The third-order valence-corrected chi connectivity index (χ3v) is 6.59. The number of nitrogens with zero attached hydrogens (tertiary/aromatic N) is 2. The standard InChI is InChI=1S/C26H32N2O3/c1-3-31-25(29)26(21-7-5-4-6-8-21)15-13-23(14-16-26)28-19-17-27(18-20-28)22-9-11-24(30-2)12-10-22/h4-13,15,23H,3,14,16-20H2,1-2H3. The second-order valence-electron chi connectivity index (χ2n) is 8.24. The van der Waals surface area contributed by atoms with Crippen LogP contribution in [0, 0.1) is 0 Å². The number of carbonyl (C=O) groups is 1. The van der Waals surface area contributed by atoms with Gasteiger partial charge < -0.3 is 14.4 Å². The van der Waals surface area contributed by atoms with Gasteiger partial charge in [0.05, 0.1) is 13.7 Å². The van der Waals surface area contributed by atoms with Gasteiger partial charge in [-0.25, -0.2) is 0 Å². The van der Waals surface area contributed by atoms with Crippen LogP contribution >= 0.6 is 0 Å². The highest BCUT2D eigenvalue weighted by atomic mass is 16.5. The van der Waals surface area contributed by atoms with Gasteiger partial charge in [-0.3, -0.25) is 9.69 Å². The average Bonchev–Trinajstić information content (AvgIpc) is 2.85. The van der Waals surface area contributed by atoms with Gasteiger partial charge in [0, 0.05) is 37.9 Å². The van der Waals surface area contributed by atoms with Gasteiger partial charge in [-0.05, 0) is 49.6 Å². The Hall–Kier alpha value is -2.79. The van der Waals surface area contributed by atoms with E-state index in [0.29, 0.717) is 12.6 Å². The zero-order valence-corrected chi connectivity index (χ0v) is 18.5. The van der Waals surface area contributed by atoms with Gasteiger partial charge in [0.2, 0.25) is 0 Å². The van der Waals surface area contributed by atoms with E-state index in [4.69, 9.17) is 9.47 Å². The number of esters is 1. The maximum absolute atomic E-state index is 12.9. The van der Waals surface area contributed by atoms with Gasteiger partial charge in [-0.1, -0.05) is 42.5 Å². The van der Waals surface area contributed by atoms with E-state index in [1.807, 2.05) is 49.4 Å². The number of rotatable bonds is 6. The predicted octanol–water partition coefficient (Wildman–Crippen LogP) is 4.04. The minimum Gasteiger partial charge on any atom is -0.497 e. The molecule has 1 saturated heterocycles. The maximum Gasteiger partial charge on any atom is 0.320 e. The number of anilines is 1. The molecule has 0 bridgehead atoms. The molecule has 1 aliphatic heterocycles. The number of methoxy groups -OCH3 is 1. The summed E-state index contributed by atoms with van der Waals surface area (Å²) in [6.45, 7) is 6.29. The quantitative estimate of drug-likeness (QED) is 0.521. The monoisotopic (exact) mass is 420 g/mol. The average molecular weight is 421 g/mol. The van der Waals surface area contributed by atoms with Crippen LogP contribution in [0.5, 0.6) is 5.75 Å². The lowest BCUT2D eigenvalue weighted by atomic mass is 9.72. The Bertz CT molecular complexity index is 889. The van der Waals surface area contributed by atoms with Crippen LogP contribution in [0.4, 0.5) is 5.69 Å². The Kier molecular flexibility index (Phi) is 6.62. The fraction of sp³-hybridized carbons (Fsp3) is 0.423. The molecule has 0 amide bonds. The second kappa shape index (κ2) is 9.56. The van der Waals surface area contributed by atoms with Crippen molar-refractivity contribution < 1.29 is 14.3 Å². The summed E-state index contributed by atoms with van der Waals surface area (Å²) < 4.78 is 10.7. The highest BCUT2D eigenvalue weighted by Gasteiger charge is 2.42. The molecule has 2 aromatic carbocycles. The molecular formula is C26H32N2O3. The number of carbonyl (C=O) groups excluding carboxylic acids is 1. The van der Waals surface area contributed by atoms with Gasteiger partial charge in [0.25, 0.3) is 0 Å². The first-order valence-electron chi connectivity index (χ1n) is 11.2. The van der Waals surface area contributed by atoms with Crippen LogP contribution in [0.15, 0.2) is 66.7 Å². The molecule has 0 spiro atoms. The van der Waals surface area contributed by atoms with E-state index in [9.17, 15) is 4.79 Å². The van der Waals surface area contributed by atoms with Crippen molar-refractivity contribution in [1.29, 1.82) is 0 Å². The van der Waals surface area contributed by atoms with Crippen LogP contribution in [-0.2, 0) is 14.9 Å². The molecule has 2 unspecified atom stereocenters. The molecule has 2 atom stereocenters. The van der Waals surface area contributed by atoms with Crippen molar-refractivity contribution in [3.05, 3.63) is 72.3 Å². The summed E-state index contributed by atoms with van der Waals surface area (Å²) in [7, 11) is 1.69. The fourth-order valence-electron chi connectivity index (χ4n) is 4.76. The summed E-state index contributed by atoms with van der Waals surface area (Å²) in [4.78, 5) is 17.9. The molecule has 0 saturated carbocycles. The number of hydrogen-bond donors (Lipinski definition) is 0. The first-order valence-corrected chi connectivity index (χ1v) is 11.2. The highest BCUT2D eigenvalue weighted by Crippen LogP contribution is 2.38. The van der Waals surface area contributed by atoms with E-state index in [1.54, 1.807) is 7.11 Å². The van der Waals surface area contributed by atoms with Crippen LogP contribution in [0.1, 0.15) is 25.3 Å². The van der Waals surface area contributed by atoms with Crippen LogP contribution in [-0.4, -0.2) is 56.8 Å². The lowest BCUT2D eigenvalue weighted by Crippen LogP contribution is -2.51. The van der Waals surface area contributed by atoms with Crippen LogP contribution < -0.4 is 9.64 Å². The molecule has 31 heavy (non-hydrogen) atoms. The molecule has 5 heteroatoms. The van der Waals surface area contributed by atoms with Gasteiger partial charge in [0.15, 0.2) is 0 Å². The third kappa shape index (κ3) is 4.47. The first kappa shape index (κ1) is 21.4. The molecule has 1 fully saturated rings. The summed E-state index contributed by atoms with van der Waals surface area (Å²) >= 11 is 0. The first-order chi connectivity index (χ1) is 15.2. The molecule has 0 N–H and O–H groups in total. The molecule has 1 heterocycles. The van der Waals surface area contributed by atoms with Crippen LogP contribution in [0.2, 0.25) is 0 Å². The van der Waals surface area contributed by atoms with Crippen molar-refractivity contribution in [3.8, 4) is 5.75 Å². The van der Waals surface area contributed by atoms with E-state index in [2.05, 4.69) is 34.1 Å². The summed E-state index contributed by atoms with van der Waals surface area (Å²) in [5.74, 6) is 0.749. The SMILES string of the molecule is CCOC(=O)C1(c2ccccc2)C=CC(N2CCN(c3ccc(OC)cc3)CC2)CC1. The molecule has 5 nitrogen and oxygen atoms in total. The lowest BCUT2D eigenvalue weighted by Gasteiger charge is -2.42. The van der Waals surface area contributed by atoms with Crippen molar-refractivity contribution in [2.75, 3.05) is 44.8 Å². The van der Waals surface area contributed by atoms with Gasteiger partial charge in [-0.2, -0.15) is 0 Å². The van der Waals surface area contributed by atoms with Crippen LogP contribution in [0.25, 0.3) is 0 Å². The van der Waals surface area contributed by atoms with Gasteiger partial charge in [-0.15, -0.1) is 0 Å². The van der Waals surface area contributed by atoms with E-state index >= 15 is 0 Å². The Morgan fingerprint density at radius 1 is 1.03 bits per heavy atom. The predicted molar refractivity (Wildman–Crippen MR) is 124 cm³/mol. The fourth-order valence-corrected chi connectivity index (χ4v) is 4.76. The number of ether oxygens (including phenoxy) is 2. The summed E-state index contributed by atoms with van der Waals surface area (Å²) in [5, 5.41) is 0. The van der Waals surface area contributed by atoms with E-state index in [-0.39, 0.29) is 5.97 Å². The highest BCUT2D eigenvalue weighted by molar-refractivity contribution is 5.86. The maximum atomic E-state index is 12.9. The largest absolute Gasteiger partial charge is 0.497 e. The Morgan fingerprint density at radius 3 is 2.32 bits per heavy atom. The summed E-state index contributed by atoms with van der Waals surface area (Å²) in [6, 6.07) is 18.7. The molecule has 1 aliphatic carbocycles. The zero-order chi connectivity index (χ0) is 21.7. The zero-order valence-electron chi connectivity index (χ0n) is 18.5. The summed E-state index contributed by atoms with van der Waals surface area (Å²) in [5.41, 5.74) is 1.59. The van der Waals surface area contributed by atoms with Gasteiger partial charge in [0.1, 0.15) is 11.2 Å². The van der Waals surface area contributed by atoms with Crippen molar-refractivity contribution in [2.45, 2.75) is 31.2 Å². The third-order valence-electron chi connectivity index (χ3n) is 6.59. The molecule has 0 radical (unpaired) electrons. The molecular weight excluding hydrogens is 388 g/mol. The number of piperazine rings is 1. The molecule has 164 valence electrons. The van der Waals surface area contributed by atoms with E-state index in [1.165, 1.54) is 5.69 Å². The molecule has 2 aromatic rings. The van der Waals surface area contributed by atoms with Crippen molar-refractivity contribution in [1.82, 2.24) is 4.90 Å². The van der Waals surface area contributed by atoms with E-state index < -0.39 is 5.41 Å². The van der Waals surface area contributed by atoms with Crippen molar-refractivity contribution in [3.63, 3.8) is 0 Å². The lowest BCUT2D eigenvalue weighted by molar-refractivity contribution is -0.148. The van der Waals surface area contributed by atoms with Gasteiger partial charge >= 0.3 is 5.97 Å². The second-order valence-corrected chi connectivity index (χ2v) is 8.24. The molecule has 0 aromatic heterocycles. The minimum atomic E-state index is -0.668. The Labute approximate surface area is 185 Å². The Balaban J connectivity index is 1.43. The summed E-state index contributed by atoms with van der Waals surface area (Å²) in [6.07, 6.45) is 6.06. The topological polar surface area (TPSA) is 42.0 Å². The molecule has 4 rings (SSSR count). The van der Waals surface area contributed by atoms with Crippen molar-refractivity contribution >= 4 is 11.7 Å². The van der Waals surface area contributed by atoms with Crippen molar-refractivity contribution in [2.24, 2.45) is 0 Å². The smallest absolute Gasteiger partial charge is 0.320 e. The van der Waals surface area contributed by atoms with Crippen LogP contribution in [0.3, 0.4) is 0 Å². The molecule has 2 aliphatic rings. The number of hydrogen-bond acceptors (Lipinski definition) is 5. The number of benzene rings is 2. The minimum absolute atomic E-state index is 0.139.